The zero-order valence-corrected chi connectivity index (χ0v) is 14.5. The first-order chi connectivity index (χ1) is 12.0. The van der Waals surface area contributed by atoms with E-state index in [4.69, 9.17) is 0 Å². The summed E-state index contributed by atoms with van der Waals surface area (Å²) in [4.78, 5) is 11.4. The van der Waals surface area contributed by atoms with Gasteiger partial charge in [0.15, 0.2) is 0 Å². The van der Waals surface area contributed by atoms with Crippen molar-refractivity contribution < 1.29 is 17.9 Å². The highest BCUT2D eigenvalue weighted by Crippen LogP contribution is 2.26. The Labute approximate surface area is 145 Å². The van der Waals surface area contributed by atoms with Crippen LogP contribution in [0.25, 0.3) is 0 Å². The molecule has 0 spiro atoms. The molecule has 1 N–H and O–H groups in total. The molecular formula is C15H19N5O4S. The number of carbonyl (C=O) groups excluding carboxylic acids is 1. The Morgan fingerprint density at radius 2 is 1.92 bits per heavy atom. The molecule has 2 heterocycles. The van der Waals surface area contributed by atoms with Crippen LogP contribution in [0.2, 0.25) is 0 Å². The fraction of sp³-hybridized carbons (Fsp3) is 0.400. The van der Waals surface area contributed by atoms with E-state index in [1.807, 2.05) is 0 Å². The minimum atomic E-state index is -3.56. The van der Waals surface area contributed by atoms with Gasteiger partial charge in [-0.1, -0.05) is 5.21 Å². The Hall–Kier alpha value is -2.46. The zero-order valence-electron chi connectivity index (χ0n) is 13.7. The zero-order chi connectivity index (χ0) is 17.9. The summed E-state index contributed by atoms with van der Waals surface area (Å²) in [6, 6.07) is 6.19. The first-order valence-electron chi connectivity index (χ1n) is 7.81. The number of hydrogen-bond donors (Lipinski definition) is 1. The molecule has 0 aliphatic carbocycles. The second-order valence-electron chi connectivity index (χ2n) is 5.66. The number of nitrogens with one attached hydrogen (secondary N) is 1. The molecule has 1 fully saturated rings. The summed E-state index contributed by atoms with van der Waals surface area (Å²) in [6.45, 7) is 0.851. The van der Waals surface area contributed by atoms with Crippen LogP contribution in [-0.4, -0.2) is 54.0 Å². The van der Waals surface area contributed by atoms with Gasteiger partial charge < -0.3 is 4.74 Å². The van der Waals surface area contributed by atoms with Gasteiger partial charge in [0.2, 0.25) is 10.0 Å². The van der Waals surface area contributed by atoms with Crippen LogP contribution >= 0.6 is 0 Å². The van der Waals surface area contributed by atoms with Crippen LogP contribution in [0.3, 0.4) is 0 Å². The number of sulfonamides is 1. The molecule has 1 saturated heterocycles. The Morgan fingerprint density at radius 1 is 1.24 bits per heavy atom. The average Bonchev–Trinajstić information content (AvgIpc) is 3.17. The van der Waals surface area contributed by atoms with Crippen molar-refractivity contribution >= 4 is 21.8 Å². The van der Waals surface area contributed by atoms with E-state index in [0.717, 1.165) is 0 Å². The number of nitrogens with zero attached hydrogens (tertiary/aromatic N) is 4. The largest absolute Gasteiger partial charge is 0.453 e. The van der Waals surface area contributed by atoms with Crippen molar-refractivity contribution in [2.24, 2.45) is 0 Å². The quantitative estimate of drug-likeness (QED) is 0.880. The van der Waals surface area contributed by atoms with E-state index < -0.39 is 16.1 Å². The van der Waals surface area contributed by atoms with E-state index in [-0.39, 0.29) is 10.9 Å². The van der Waals surface area contributed by atoms with Crippen LogP contribution in [0.15, 0.2) is 41.6 Å². The van der Waals surface area contributed by atoms with Crippen molar-refractivity contribution in [3.05, 3.63) is 36.7 Å². The summed E-state index contributed by atoms with van der Waals surface area (Å²) in [5.74, 6) is 0. The minimum absolute atomic E-state index is 0.167. The van der Waals surface area contributed by atoms with Crippen molar-refractivity contribution in [3.8, 4) is 0 Å². The van der Waals surface area contributed by atoms with Crippen molar-refractivity contribution in [1.29, 1.82) is 0 Å². The molecule has 0 atom stereocenters. The van der Waals surface area contributed by atoms with E-state index in [1.165, 1.54) is 35.7 Å². The lowest BCUT2D eigenvalue weighted by Gasteiger charge is -2.31. The Morgan fingerprint density at radius 3 is 2.48 bits per heavy atom. The minimum Gasteiger partial charge on any atom is -0.453 e. The van der Waals surface area contributed by atoms with Crippen LogP contribution in [0.4, 0.5) is 10.5 Å². The van der Waals surface area contributed by atoms with Gasteiger partial charge in [-0.25, -0.2) is 17.9 Å². The fourth-order valence-electron chi connectivity index (χ4n) is 2.79. The van der Waals surface area contributed by atoms with Gasteiger partial charge in [-0.15, -0.1) is 5.10 Å². The van der Waals surface area contributed by atoms with Gasteiger partial charge in [0, 0.05) is 25.0 Å². The van der Waals surface area contributed by atoms with Crippen molar-refractivity contribution in [2.45, 2.75) is 23.8 Å². The van der Waals surface area contributed by atoms with Gasteiger partial charge in [0.25, 0.3) is 0 Å². The predicted octanol–water partition coefficient (Wildman–Crippen LogP) is 1.48. The van der Waals surface area contributed by atoms with Gasteiger partial charge in [0.1, 0.15) is 0 Å². The number of hydrogen-bond acceptors (Lipinski definition) is 6. The highest BCUT2D eigenvalue weighted by atomic mass is 32.2. The molecule has 10 heteroatoms. The van der Waals surface area contributed by atoms with Crippen LogP contribution in [0, 0.1) is 0 Å². The predicted molar refractivity (Wildman–Crippen MR) is 89.5 cm³/mol. The molecule has 1 amide bonds. The highest BCUT2D eigenvalue weighted by Gasteiger charge is 2.30. The van der Waals surface area contributed by atoms with Gasteiger partial charge in [-0.2, -0.15) is 4.31 Å². The van der Waals surface area contributed by atoms with Crippen molar-refractivity contribution in [1.82, 2.24) is 19.3 Å². The third-order valence-electron chi connectivity index (χ3n) is 4.16. The van der Waals surface area contributed by atoms with E-state index >= 15 is 0 Å². The highest BCUT2D eigenvalue weighted by molar-refractivity contribution is 7.89. The number of amides is 1. The van der Waals surface area contributed by atoms with Gasteiger partial charge in [-0.05, 0) is 37.1 Å². The number of methoxy groups -OCH3 is 1. The van der Waals surface area contributed by atoms with Crippen LogP contribution in [0.1, 0.15) is 18.9 Å². The summed E-state index contributed by atoms with van der Waals surface area (Å²) in [7, 11) is -2.30. The lowest BCUT2D eigenvalue weighted by Crippen LogP contribution is -2.39. The molecule has 1 aliphatic heterocycles. The number of anilines is 1. The number of rotatable bonds is 4. The molecule has 9 nitrogen and oxygen atoms in total. The number of aromatic nitrogens is 3. The first-order valence-corrected chi connectivity index (χ1v) is 9.25. The van der Waals surface area contributed by atoms with Crippen molar-refractivity contribution in [2.75, 3.05) is 25.5 Å². The maximum Gasteiger partial charge on any atom is 0.411 e. The molecule has 1 aromatic carbocycles. The van der Waals surface area contributed by atoms with Gasteiger partial charge >= 0.3 is 6.09 Å². The fourth-order valence-corrected chi connectivity index (χ4v) is 4.26. The molecule has 3 rings (SSSR count). The summed E-state index contributed by atoms with van der Waals surface area (Å²) >= 11 is 0. The summed E-state index contributed by atoms with van der Waals surface area (Å²) in [6.07, 6.45) is 4.18. The second kappa shape index (κ2) is 7.19. The molecular weight excluding hydrogens is 346 g/mol. The molecule has 0 unspecified atom stereocenters. The number of benzene rings is 1. The standard InChI is InChI=1S/C15H19N5O4S/c1-24-15(21)17-12-2-4-14(5-3-12)25(22,23)19-9-6-13(7-10-19)20-11-8-16-18-20/h2-5,8,11,13H,6-7,9-10H2,1H3,(H,17,21). The van der Waals surface area contributed by atoms with Crippen LogP contribution in [0.5, 0.6) is 0 Å². The summed E-state index contributed by atoms with van der Waals surface area (Å²) < 4.78 is 33.2. The monoisotopic (exact) mass is 365 g/mol. The third-order valence-corrected chi connectivity index (χ3v) is 6.08. The number of ether oxygens (including phenoxy) is 1. The topological polar surface area (TPSA) is 106 Å². The molecule has 0 bridgehead atoms. The van der Waals surface area contributed by atoms with Gasteiger partial charge in [-0.3, -0.25) is 5.32 Å². The molecule has 1 aromatic heterocycles. The summed E-state index contributed by atoms with van der Waals surface area (Å²) in [5.41, 5.74) is 0.468. The Kier molecular flexibility index (Phi) is 5.00. The van der Waals surface area contributed by atoms with Crippen LogP contribution < -0.4 is 5.32 Å². The number of piperidine rings is 1. The van der Waals surface area contributed by atoms with Gasteiger partial charge in [0.05, 0.1) is 24.2 Å². The third kappa shape index (κ3) is 3.80. The molecule has 134 valence electrons. The smallest absolute Gasteiger partial charge is 0.411 e. The van der Waals surface area contributed by atoms with Crippen molar-refractivity contribution in [3.63, 3.8) is 0 Å². The lowest BCUT2D eigenvalue weighted by atomic mass is 10.1. The number of carbonyl (C=O) groups is 1. The molecule has 0 radical (unpaired) electrons. The normalized spacial score (nSPS) is 16.5. The average molecular weight is 365 g/mol. The van der Waals surface area contributed by atoms with E-state index in [2.05, 4.69) is 20.4 Å². The Balaban J connectivity index is 1.66. The second-order valence-corrected chi connectivity index (χ2v) is 7.60. The SMILES string of the molecule is COC(=O)Nc1ccc(S(=O)(=O)N2CCC(n3ccnn3)CC2)cc1. The first kappa shape index (κ1) is 17.4. The molecule has 2 aromatic rings. The summed E-state index contributed by atoms with van der Waals surface area (Å²) in [5, 5.41) is 10.3. The van der Waals surface area contributed by atoms with E-state index in [1.54, 1.807) is 17.1 Å². The molecule has 1 aliphatic rings. The lowest BCUT2D eigenvalue weighted by molar-refractivity contribution is 0.187. The molecule has 0 saturated carbocycles. The Bertz CT molecular complexity index is 812. The maximum absolute atomic E-state index is 12.7. The maximum atomic E-state index is 12.7. The molecule has 25 heavy (non-hydrogen) atoms. The van der Waals surface area contributed by atoms with E-state index in [0.29, 0.717) is 31.6 Å². The van der Waals surface area contributed by atoms with E-state index in [9.17, 15) is 13.2 Å². The van der Waals surface area contributed by atoms with Crippen LogP contribution in [-0.2, 0) is 14.8 Å².